The van der Waals surface area contributed by atoms with Crippen molar-refractivity contribution in [1.82, 2.24) is 0 Å². The Hall–Kier alpha value is -1.23. The molecule has 2 rings (SSSR count). The largest absolute Gasteiger partial charge is 0.495 e. The van der Waals surface area contributed by atoms with Gasteiger partial charge < -0.3 is 14.6 Å². The molecule has 1 aliphatic rings. The third kappa shape index (κ3) is 2.92. The van der Waals surface area contributed by atoms with Crippen molar-refractivity contribution in [1.29, 1.82) is 0 Å². The highest BCUT2D eigenvalue weighted by atomic mass is 79.9. The van der Waals surface area contributed by atoms with Gasteiger partial charge in [0.1, 0.15) is 16.0 Å². The Bertz CT molecular complexity index is 523. The first-order valence-electron chi connectivity index (χ1n) is 6.62. The van der Waals surface area contributed by atoms with Gasteiger partial charge in [-0.2, -0.15) is 0 Å². The van der Waals surface area contributed by atoms with Gasteiger partial charge in [0, 0.05) is 5.92 Å². The van der Waals surface area contributed by atoms with E-state index in [4.69, 9.17) is 14.6 Å². The van der Waals surface area contributed by atoms with Crippen LogP contribution in [0.15, 0.2) is 10.5 Å². The van der Waals surface area contributed by atoms with Crippen LogP contribution in [0.2, 0.25) is 0 Å². The summed E-state index contributed by atoms with van der Waals surface area (Å²) >= 11 is 3.51. The predicted octanol–water partition coefficient (Wildman–Crippen LogP) is 3.74. The molecule has 0 spiro atoms. The molecule has 0 aromatic heterocycles. The number of hydrogen-bond acceptors (Lipinski definition) is 3. The highest BCUT2D eigenvalue weighted by Gasteiger charge is 2.36. The Kier molecular flexibility index (Phi) is 4.58. The fourth-order valence-electron chi connectivity index (χ4n) is 2.72. The van der Waals surface area contributed by atoms with Crippen molar-refractivity contribution in [2.24, 2.45) is 5.92 Å². The maximum atomic E-state index is 11.1. The number of benzene rings is 1. The Labute approximate surface area is 127 Å². The number of halogens is 1. The van der Waals surface area contributed by atoms with E-state index in [0.29, 0.717) is 11.7 Å². The SMILES string of the molecule is COc1c(C)cc(C(CC(=O)O)C2CC2)c(OC)c1Br. The molecule has 1 N–H and O–H groups in total. The molecule has 110 valence electrons. The number of methoxy groups -OCH3 is 2. The molecule has 0 aliphatic heterocycles. The Morgan fingerprint density at radius 3 is 2.45 bits per heavy atom. The minimum atomic E-state index is -0.770. The van der Waals surface area contributed by atoms with E-state index < -0.39 is 5.97 Å². The number of hydrogen-bond donors (Lipinski definition) is 1. The van der Waals surface area contributed by atoms with Gasteiger partial charge in [-0.05, 0) is 58.8 Å². The van der Waals surface area contributed by atoms with Crippen molar-refractivity contribution in [3.05, 3.63) is 21.7 Å². The molecule has 5 heteroatoms. The third-order valence-corrected chi connectivity index (χ3v) is 4.50. The lowest BCUT2D eigenvalue weighted by Gasteiger charge is -2.21. The quantitative estimate of drug-likeness (QED) is 0.855. The van der Waals surface area contributed by atoms with E-state index in [1.54, 1.807) is 14.2 Å². The number of carboxylic acid groups (broad SMARTS) is 1. The van der Waals surface area contributed by atoms with Crippen LogP contribution in [0, 0.1) is 12.8 Å². The van der Waals surface area contributed by atoms with Gasteiger partial charge in [-0.3, -0.25) is 4.79 Å². The van der Waals surface area contributed by atoms with Crippen LogP contribution in [-0.4, -0.2) is 25.3 Å². The van der Waals surface area contributed by atoms with E-state index in [1.807, 2.05) is 13.0 Å². The molecular formula is C15H19BrO4. The first kappa shape index (κ1) is 15.2. The summed E-state index contributed by atoms with van der Waals surface area (Å²) in [6, 6.07) is 1.99. The summed E-state index contributed by atoms with van der Waals surface area (Å²) < 4.78 is 11.6. The van der Waals surface area contributed by atoms with Crippen LogP contribution in [-0.2, 0) is 4.79 Å². The fraction of sp³-hybridized carbons (Fsp3) is 0.533. The molecule has 0 amide bonds. The Morgan fingerprint density at radius 1 is 1.40 bits per heavy atom. The van der Waals surface area contributed by atoms with Crippen molar-refractivity contribution >= 4 is 21.9 Å². The number of carboxylic acids is 1. The molecule has 0 saturated heterocycles. The van der Waals surface area contributed by atoms with E-state index >= 15 is 0 Å². The number of rotatable bonds is 6. The van der Waals surface area contributed by atoms with Crippen LogP contribution in [0.5, 0.6) is 11.5 Å². The average molecular weight is 343 g/mol. The molecule has 0 heterocycles. The fourth-order valence-corrected chi connectivity index (χ4v) is 3.58. The standard InChI is InChI=1S/C15H19BrO4/c1-8-6-11(10(7-12(17)18)9-4-5-9)15(20-3)13(16)14(8)19-2/h6,9-10H,4-5,7H2,1-3H3,(H,17,18). The topological polar surface area (TPSA) is 55.8 Å². The van der Waals surface area contributed by atoms with E-state index in [9.17, 15) is 4.79 Å². The summed E-state index contributed by atoms with van der Waals surface area (Å²) in [6.45, 7) is 1.96. The first-order chi connectivity index (χ1) is 9.49. The second-order valence-corrected chi connectivity index (χ2v) is 6.00. The van der Waals surface area contributed by atoms with Crippen LogP contribution in [0.1, 0.15) is 36.3 Å². The Balaban J connectivity index is 2.50. The molecular weight excluding hydrogens is 324 g/mol. The van der Waals surface area contributed by atoms with Crippen molar-refractivity contribution in [3.63, 3.8) is 0 Å². The maximum Gasteiger partial charge on any atom is 0.303 e. The van der Waals surface area contributed by atoms with Crippen molar-refractivity contribution < 1.29 is 19.4 Å². The summed E-state index contributed by atoms with van der Waals surface area (Å²) in [6.07, 6.45) is 2.31. The van der Waals surface area contributed by atoms with E-state index in [0.717, 1.165) is 34.2 Å². The monoisotopic (exact) mass is 342 g/mol. The average Bonchev–Trinajstić information content (AvgIpc) is 3.20. The van der Waals surface area contributed by atoms with Gasteiger partial charge in [-0.1, -0.05) is 0 Å². The number of aryl methyl sites for hydroxylation is 1. The van der Waals surface area contributed by atoms with Gasteiger partial charge in [0.25, 0.3) is 0 Å². The lowest BCUT2D eigenvalue weighted by molar-refractivity contribution is -0.137. The number of ether oxygens (including phenoxy) is 2. The smallest absolute Gasteiger partial charge is 0.303 e. The van der Waals surface area contributed by atoms with Gasteiger partial charge in [0.05, 0.1) is 20.6 Å². The highest BCUT2D eigenvalue weighted by molar-refractivity contribution is 9.10. The van der Waals surface area contributed by atoms with Crippen LogP contribution in [0.25, 0.3) is 0 Å². The second-order valence-electron chi connectivity index (χ2n) is 5.20. The molecule has 1 fully saturated rings. The van der Waals surface area contributed by atoms with Gasteiger partial charge in [-0.15, -0.1) is 0 Å². The molecule has 0 bridgehead atoms. The molecule has 1 aromatic carbocycles. The predicted molar refractivity (Wildman–Crippen MR) is 79.7 cm³/mol. The van der Waals surface area contributed by atoms with Gasteiger partial charge in [-0.25, -0.2) is 0 Å². The summed E-state index contributed by atoms with van der Waals surface area (Å²) in [5, 5.41) is 9.15. The van der Waals surface area contributed by atoms with Crippen molar-refractivity contribution in [2.45, 2.75) is 32.1 Å². The van der Waals surface area contributed by atoms with Gasteiger partial charge >= 0.3 is 5.97 Å². The zero-order chi connectivity index (χ0) is 14.9. The van der Waals surface area contributed by atoms with Crippen LogP contribution < -0.4 is 9.47 Å². The molecule has 4 nitrogen and oxygen atoms in total. The van der Waals surface area contributed by atoms with Gasteiger partial charge in [0.2, 0.25) is 0 Å². The number of carbonyl (C=O) groups is 1. The normalized spacial score (nSPS) is 15.8. The van der Waals surface area contributed by atoms with Crippen LogP contribution in [0.3, 0.4) is 0 Å². The zero-order valence-corrected chi connectivity index (χ0v) is 13.5. The summed E-state index contributed by atoms with van der Waals surface area (Å²) in [5.74, 6) is 1.10. The summed E-state index contributed by atoms with van der Waals surface area (Å²) in [5.41, 5.74) is 1.94. The minimum absolute atomic E-state index is 0.00311. The molecule has 1 atom stereocenters. The molecule has 1 saturated carbocycles. The summed E-state index contributed by atoms with van der Waals surface area (Å²) in [4.78, 5) is 11.1. The molecule has 20 heavy (non-hydrogen) atoms. The lowest BCUT2D eigenvalue weighted by atomic mass is 9.89. The molecule has 1 unspecified atom stereocenters. The number of aliphatic carboxylic acids is 1. The van der Waals surface area contributed by atoms with Crippen molar-refractivity contribution in [2.75, 3.05) is 14.2 Å². The minimum Gasteiger partial charge on any atom is -0.495 e. The van der Waals surface area contributed by atoms with Gasteiger partial charge in [0.15, 0.2) is 0 Å². The first-order valence-corrected chi connectivity index (χ1v) is 7.41. The van der Waals surface area contributed by atoms with Crippen LogP contribution in [0.4, 0.5) is 0 Å². The molecule has 1 aromatic rings. The Morgan fingerprint density at radius 2 is 2.00 bits per heavy atom. The lowest BCUT2D eigenvalue weighted by Crippen LogP contribution is -2.11. The van der Waals surface area contributed by atoms with Crippen molar-refractivity contribution in [3.8, 4) is 11.5 Å². The van der Waals surface area contributed by atoms with E-state index in [1.165, 1.54) is 0 Å². The maximum absolute atomic E-state index is 11.1. The third-order valence-electron chi connectivity index (χ3n) is 3.78. The van der Waals surface area contributed by atoms with E-state index in [2.05, 4.69) is 15.9 Å². The zero-order valence-electron chi connectivity index (χ0n) is 11.9. The second kappa shape index (κ2) is 6.04. The summed E-state index contributed by atoms with van der Waals surface area (Å²) in [7, 11) is 3.21. The van der Waals surface area contributed by atoms with Crippen LogP contribution >= 0.6 is 15.9 Å². The molecule has 1 aliphatic carbocycles. The van der Waals surface area contributed by atoms with E-state index in [-0.39, 0.29) is 12.3 Å². The molecule has 0 radical (unpaired) electrons. The highest BCUT2D eigenvalue weighted by Crippen LogP contribution is 2.50.